The van der Waals surface area contributed by atoms with Gasteiger partial charge in [0.15, 0.2) is 11.6 Å². The van der Waals surface area contributed by atoms with Crippen molar-refractivity contribution in [3.05, 3.63) is 59.7 Å². The van der Waals surface area contributed by atoms with Crippen molar-refractivity contribution in [1.29, 1.82) is 0 Å². The predicted molar refractivity (Wildman–Crippen MR) is 80.5 cm³/mol. The molecule has 110 valence electrons. The van der Waals surface area contributed by atoms with Gasteiger partial charge < -0.3 is 0 Å². The minimum absolute atomic E-state index is 0.00316. The van der Waals surface area contributed by atoms with Crippen molar-refractivity contribution < 1.29 is 9.18 Å². The molecule has 3 aromatic rings. The van der Waals surface area contributed by atoms with Crippen molar-refractivity contribution in [3.63, 3.8) is 0 Å². The van der Waals surface area contributed by atoms with E-state index in [2.05, 4.69) is 15.2 Å². The average molecular weight is 296 g/mol. The van der Waals surface area contributed by atoms with Crippen LogP contribution in [0.5, 0.6) is 0 Å². The number of azo groups is 1. The SMILES string of the molecule is CC(=O)c1ccc(N=Nc2c(C)nc3ccc(F)cn23)cc1. The van der Waals surface area contributed by atoms with E-state index in [4.69, 9.17) is 0 Å². The highest BCUT2D eigenvalue weighted by atomic mass is 19.1. The van der Waals surface area contributed by atoms with E-state index in [1.807, 2.05) is 0 Å². The number of nitrogens with zero attached hydrogens (tertiary/aromatic N) is 4. The van der Waals surface area contributed by atoms with Gasteiger partial charge in [0.25, 0.3) is 0 Å². The summed E-state index contributed by atoms with van der Waals surface area (Å²) in [5.41, 5.74) is 2.50. The van der Waals surface area contributed by atoms with Crippen LogP contribution in [0.15, 0.2) is 52.8 Å². The second kappa shape index (κ2) is 5.48. The highest BCUT2D eigenvalue weighted by Gasteiger charge is 2.08. The molecule has 0 radical (unpaired) electrons. The number of ketones is 1. The summed E-state index contributed by atoms with van der Waals surface area (Å²) in [4.78, 5) is 15.5. The van der Waals surface area contributed by atoms with Gasteiger partial charge in [-0.1, -0.05) is 0 Å². The summed E-state index contributed by atoms with van der Waals surface area (Å²) in [5.74, 6) is 0.105. The smallest absolute Gasteiger partial charge is 0.182 e. The second-order valence-corrected chi connectivity index (χ2v) is 4.90. The second-order valence-electron chi connectivity index (χ2n) is 4.90. The standard InChI is InChI=1S/C16H13FN4O/c1-10-16(21-9-13(17)5-8-15(21)18-10)20-19-14-6-3-12(4-7-14)11(2)22/h3-9H,1-2H3. The Morgan fingerprint density at radius 2 is 1.86 bits per heavy atom. The molecule has 6 heteroatoms. The number of rotatable bonds is 3. The molecule has 0 spiro atoms. The summed E-state index contributed by atoms with van der Waals surface area (Å²) < 4.78 is 14.9. The Morgan fingerprint density at radius 3 is 2.55 bits per heavy atom. The van der Waals surface area contributed by atoms with Crippen LogP contribution in [0.4, 0.5) is 15.9 Å². The van der Waals surface area contributed by atoms with Gasteiger partial charge in [0, 0.05) is 11.8 Å². The molecule has 0 fully saturated rings. The Labute approximate surface area is 126 Å². The fourth-order valence-corrected chi connectivity index (χ4v) is 2.11. The van der Waals surface area contributed by atoms with Gasteiger partial charge in [-0.15, -0.1) is 10.2 Å². The Kier molecular flexibility index (Phi) is 3.50. The maximum atomic E-state index is 13.4. The maximum absolute atomic E-state index is 13.4. The van der Waals surface area contributed by atoms with Crippen LogP contribution in [0.1, 0.15) is 23.0 Å². The van der Waals surface area contributed by atoms with Crippen LogP contribution in [0.3, 0.4) is 0 Å². The van der Waals surface area contributed by atoms with Gasteiger partial charge in [-0.05, 0) is 50.2 Å². The van der Waals surface area contributed by atoms with Gasteiger partial charge in [0.2, 0.25) is 0 Å². The van der Waals surface area contributed by atoms with E-state index < -0.39 is 0 Å². The molecular weight excluding hydrogens is 283 g/mol. The fourth-order valence-electron chi connectivity index (χ4n) is 2.11. The number of fused-ring (bicyclic) bond motifs is 1. The number of hydrogen-bond donors (Lipinski definition) is 0. The number of halogens is 1. The lowest BCUT2D eigenvalue weighted by atomic mass is 10.1. The van der Waals surface area contributed by atoms with Crippen LogP contribution in [0.2, 0.25) is 0 Å². The average Bonchev–Trinajstić information content (AvgIpc) is 2.80. The van der Waals surface area contributed by atoms with E-state index in [1.165, 1.54) is 19.2 Å². The number of aryl methyl sites for hydroxylation is 1. The summed E-state index contributed by atoms with van der Waals surface area (Å²) in [5, 5.41) is 8.27. The Hall–Kier alpha value is -2.89. The zero-order valence-corrected chi connectivity index (χ0v) is 12.1. The van der Waals surface area contributed by atoms with Crippen molar-refractivity contribution >= 4 is 22.9 Å². The summed E-state index contributed by atoms with van der Waals surface area (Å²) in [7, 11) is 0. The number of imidazole rings is 1. The van der Waals surface area contributed by atoms with E-state index in [9.17, 15) is 9.18 Å². The maximum Gasteiger partial charge on any atom is 0.182 e. The molecule has 5 nitrogen and oxygen atoms in total. The van der Waals surface area contributed by atoms with E-state index in [0.717, 1.165) is 0 Å². The number of carbonyl (C=O) groups excluding carboxylic acids is 1. The van der Waals surface area contributed by atoms with Crippen LogP contribution >= 0.6 is 0 Å². The molecule has 0 aliphatic rings. The Bertz CT molecular complexity index is 881. The van der Waals surface area contributed by atoms with Crippen LogP contribution in [-0.2, 0) is 0 Å². The van der Waals surface area contributed by atoms with Gasteiger partial charge in [-0.3, -0.25) is 9.20 Å². The molecule has 22 heavy (non-hydrogen) atoms. The largest absolute Gasteiger partial charge is 0.295 e. The number of hydrogen-bond acceptors (Lipinski definition) is 4. The lowest BCUT2D eigenvalue weighted by Crippen LogP contribution is -1.89. The number of carbonyl (C=O) groups is 1. The number of benzene rings is 1. The predicted octanol–water partition coefficient (Wildman–Crippen LogP) is 4.40. The van der Waals surface area contributed by atoms with Crippen LogP contribution in [0, 0.1) is 12.7 Å². The molecule has 0 bridgehead atoms. The van der Waals surface area contributed by atoms with Gasteiger partial charge >= 0.3 is 0 Å². The number of pyridine rings is 1. The highest BCUT2D eigenvalue weighted by Crippen LogP contribution is 2.24. The van der Waals surface area contributed by atoms with E-state index in [-0.39, 0.29) is 11.6 Å². The minimum Gasteiger partial charge on any atom is -0.295 e. The highest BCUT2D eigenvalue weighted by molar-refractivity contribution is 5.94. The first-order valence-electron chi connectivity index (χ1n) is 6.71. The first-order chi connectivity index (χ1) is 10.5. The molecule has 0 atom stereocenters. The Morgan fingerprint density at radius 1 is 1.14 bits per heavy atom. The van der Waals surface area contributed by atoms with Gasteiger partial charge in [0.1, 0.15) is 11.5 Å². The van der Waals surface area contributed by atoms with Gasteiger partial charge in [-0.2, -0.15) is 0 Å². The molecule has 0 amide bonds. The Balaban J connectivity index is 1.96. The molecule has 0 saturated carbocycles. The van der Waals surface area contributed by atoms with Crippen molar-refractivity contribution in [2.24, 2.45) is 10.2 Å². The first kappa shape index (κ1) is 14.1. The van der Waals surface area contributed by atoms with Crippen molar-refractivity contribution in [3.8, 4) is 0 Å². The summed E-state index contributed by atoms with van der Waals surface area (Å²) >= 11 is 0. The minimum atomic E-state index is -0.368. The molecule has 2 aromatic heterocycles. The molecule has 0 N–H and O–H groups in total. The molecule has 0 aliphatic heterocycles. The van der Waals surface area contributed by atoms with Gasteiger partial charge in [-0.25, -0.2) is 9.37 Å². The third-order valence-corrected chi connectivity index (χ3v) is 3.26. The van der Waals surface area contributed by atoms with Crippen LogP contribution in [0.25, 0.3) is 5.65 Å². The van der Waals surface area contributed by atoms with Crippen LogP contribution < -0.4 is 0 Å². The molecule has 0 unspecified atom stereocenters. The third kappa shape index (κ3) is 2.63. The van der Waals surface area contributed by atoms with E-state index in [1.54, 1.807) is 41.7 Å². The van der Waals surface area contributed by atoms with Crippen molar-refractivity contribution in [1.82, 2.24) is 9.38 Å². The molecule has 0 aliphatic carbocycles. The van der Waals surface area contributed by atoms with Crippen molar-refractivity contribution in [2.45, 2.75) is 13.8 Å². The monoisotopic (exact) mass is 296 g/mol. The summed E-state index contributed by atoms with van der Waals surface area (Å²) in [6.45, 7) is 3.30. The fraction of sp³-hybridized carbons (Fsp3) is 0.125. The van der Waals surface area contributed by atoms with Crippen molar-refractivity contribution in [2.75, 3.05) is 0 Å². The lowest BCUT2D eigenvalue weighted by Gasteiger charge is -1.98. The zero-order chi connectivity index (χ0) is 15.7. The quantitative estimate of drug-likeness (QED) is 0.531. The normalized spacial score (nSPS) is 11.4. The van der Waals surface area contributed by atoms with E-state index in [0.29, 0.717) is 28.4 Å². The number of Topliss-reactive ketones (excluding diaryl/α,β-unsaturated/α-hetero) is 1. The summed E-state index contributed by atoms with van der Waals surface area (Å²) in [6, 6.07) is 9.74. The lowest BCUT2D eigenvalue weighted by molar-refractivity contribution is 0.101. The molecule has 2 heterocycles. The number of aromatic nitrogens is 2. The topological polar surface area (TPSA) is 59.1 Å². The molecular formula is C16H13FN4O. The summed E-state index contributed by atoms with van der Waals surface area (Å²) in [6.07, 6.45) is 1.32. The molecule has 3 rings (SSSR count). The van der Waals surface area contributed by atoms with Gasteiger partial charge in [0.05, 0.1) is 11.4 Å². The van der Waals surface area contributed by atoms with Crippen LogP contribution in [-0.4, -0.2) is 15.2 Å². The third-order valence-electron chi connectivity index (χ3n) is 3.26. The zero-order valence-electron chi connectivity index (χ0n) is 12.1. The van der Waals surface area contributed by atoms with E-state index >= 15 is 0 Å². The molecule has 0 saturated heterocycles. The first-order valence-corrected chi connectivity index (χ1v) is 6.71. The molecule has 1 aromatic carbocycles.